The average molecular weight is 291 g/mol. The number of rotatable bonds is 5. The molecule has 0 radical (unpaired) electrons. The maximum atomic E-state index is 13.3. The molecule has 0 saturated heterocycles. The molecule has 7 heteroatoms. The number of sulfone groups is 1. The number of benzene rings is 1. The smallest absolute Gasteiger partial charge is 0.257 e. The number of carbonyl (C=O) groups excluding carboxylic acids is 1. The quantitative estimate of drug-likeness (QED) is 0.894. The van der Waals surface area contributed by atoms with E-state index in [4.69, 9.17) is 0 Å². The number of amides is 1. The van der Waals surface area contributed by atoms with E-state index in [1.54, 1.807) is 0 Å². The van der Waals surface area contributed by atoms with E-state index in [1.807, 2.05) is 0 Å². The number of carbonyl (C=O) groups is 1. The third-order valence-corrected chi connectivity index (χ3v) is 4.40. The van der Waals surface area contributed by atoms with Crippen LogP contribution in [-0.2, 0) is 9.84 Å². The van der Waals surface area contributed by atoms with Gasteiger partial charge in [-0.1, -0.05) is 13.0 Å². The van der Waals surface area contributed by atoms with Crippen molar-refractivity contribution >= 4 is 15.7 Å². The Labute approximate surface area is 110 Å². The van der Waals surface area contributed by atoms with Gasteiger partial charge in [0.1, 0.15) is 17.2 Å². The Kier molecular flexibility index (Phi) is 4.99. The normalized spacial score (nSPS) is 13.1. The summed E-state index contributed by atoms with van der Waals surface area (Å²) in [5.74, 6) is -3.26. The molecule has 1 N–H and O–H groups in total. The molecule has 1 unspecified atom stereocenters. The molecule has 0 aliphatic rings. The molecule has 0 spiro atoms. The van der Waals surface area contributed by atoms with E-state index in [2.05, 4.69) is 5.32 Å². The standard InChI is InChI=1S/C12H15F2NO3S/c1-3-19(17,18)7-8(2)15-12(16)11-9(13)5-4-6-10(11)14/h4-6,8H,3,7H2,1-2H3,(H,15,16). The second-order valence-electron chi connectivity index (χ2n) is 4.17. The molecule has 1 rings (SSSR count). The number of hydrogen-bond donors (Lipinski definition) is 1. The summed E-state index contributed by atoms with van der Waals surface area (Å²) < 4.78 is 49.4. The summed E-state index contributed by atoms with van der Waals surface area (Å²) in [7, 11) is -3.27. The highest BCUT2D eigenvalue weighted by molar-refractivity contribution is 7.91. The van der Waals surface area contributed by atoms with Gasteiger partial charge in [0.15, 0.2) is 9.84 Å². The topological polar surface area (TPSA) is 63.2 Å². The first kappa shape index (κ1) is 15.6. The van der Waals surface area contributed by atoms with Crippen molar-refractivity contribution in [3.05, 3.63) is 35.4 Å². The molecule has 0 fully saturated rings. The zero-order valence-corrected chi connectivity index (χ0v) is 11.4. The summed E-state index contributed by atoms with van der Waals surface area (Å²) >= 11 is 0. The van der Waals surface area contributed by atoms with Crippen molar-refractivity contribution in [2.75, 3.05) is 11.5 Å². The van der Waals surface area contributed by atoms with Gasteiger partial charge in [-0.25, -0.2) is 17.2 Å². The fraction of sp³-hybridized carbons (Fsp3) is 0.417. The maximum absolute atomic E-state index is 13.3. The van der Waals surface area contributed by atoms with Crippen LogP contribution < -0.4 is 5.32 Å². The molecule has 1 amide bonds. The Morgan fingerprint density at radius 2 is 1.84 bits per heavy atom. The highest BCUT2D eigenvalue weighted by Crippen LogP contribution is 2.12. The van der Waals surface area contributed by atoms with E-state index in [-0.39, 0.29) is 11.5 Å². The van der Waals surface area contributed by atoms with Gasteiger partial charge >= 0.3 is 0 Å². The number of hydrogen-bond acceptors (Lipinski definition) is 3. The molecular formula is C12H15F2NO3S. The summed E-state index contributed by atoms with van der Waals surface area (Å²) in [6.45, 7) is 2.95. The Morgan fingerprint density at radius 3 is 2.32 bits per heavy atom. The van der Waals surface area contributed by atoms with Crippen LogP contribution in [0.1, 0.15) is 24.2 Å². The average Bonchev–Trinajstić information content (AvgIpc) is 2.27. The van der Waals surface area contributed by atoms with Gasteiger partial charge in [0.25, 0.3) is 5.91 Å². The lowest BCUT2D eigenvalue weighted by atomic mass is 10.1. The van der Waals surface area contributed by atoms with E-state index in [1.165, 1.54) is 13.8 Å². The van der Waals surface area contributed by atoms with Crippen molar-refractivity contribution in [1.29, 1.82) is 0 Å². The SMILES string of the molecule is CCS(=O)(=O)CC(C)NC(=O)c1c(F)cccc1F. The predicted octanol–water partition coefficient (Wildman–Crippen LogP) is 1.52. The van der Waals surface area contributed by atoms with Crippen molar-refractivity contribution < 1.29 is 22.0 Å². The van der Waals surface area contributed by atoms with Crippen molar-refractivity contribution in [2.45, 2.75) is 19.9 Å². The highest BCUT2D eigenvalue weighted by atomic mass is 32.2. The molecular weight excluding hydrogens is 276 g/mol. The fourth-order valence-electron chi connectivity index (χ4n) is 1.55. The molecule has 4 nitrogen and oxygen atoms in total. The van der Waals surface area contributed by atoms with Gasteiger partial charge in [0.2, 0.25) is 0 Å². The van der Waals surface area contributed by atoms with Crippen LogP contribution in [0.25, 0.3) is 0 Å². The third kappa shape index (κ3) is 4.27. The minimum atomic E-state index is -3.27. The summed E-state index contributed by atoms with van der Waals surface area (Å²) in [5.41, 5.74) is -0.705. The van der Waals surface area contributed by atoms with Gasteiger partial charge in [-0.05, 0) is 19.1 Å². The Balaban J connectivity index is 2.81. The molecule has 0 aromatic heterocycles. The molecule has 1 atom stereocenters. The van der Waals surface area contributed by atoms with Crippen molar-refractivity contribution in [3.63, 3.8) is 0 Å². The van der Waals surface area contributed by atoms with Crippen LogP contribution in [0.5, 0.6) is 0 Å². The zero-order chi connectivity index (χ0) is 14.6. The van der Waals surface area contributed by atoms with Crippen LogP contribution in [0.3, 0.4) is 0 Å². The Morgan fingerprint density at radius 1 is 1.32 bits per heavy atom. The molecule has 1 aromatic rings. The van der Waals surface area contributed by atoms with E-state index in [0.29, 0.717) is 0 Å². The van der Waals surface area contributed by atoms with Crippen LogP contribution in [0.4, 0.5) is 8.78 Å². The van der Waals surface area contributed by atoms with Crippen LogP contribution in [0, 0.1) is 11.6 Å². The molecule has 19 heavy (non-hydrogen) atoms. The van der Waals surface area contributed by atoms with Gasteiger partial charge in [-0.3, -0.25) is 4.79 Å². The lowest BCUT2D eigenvalue weighted by molar-refractivity contribution is 0.0935. The van der Waals surface area contributed by atoms with Crippen molar-refractivity contribution in [1.82, 2.24) is 5.32 Å². The van der Waals surface area contributed by atoms with Gasteiger partial charge in [0.05, 0.1) is 5.75 Å². The van der Waals surface area contributed by atoms with Crippen molar-refractivity contribution in [2.24, 2.45) is 0 Å². The molecule has 0 heterocycles. The van der Waals surface area contributed by atoms with E-state index in [9.17, 15) is 22.0 Å². The summed E-state index contributed by atoms with van der Waals surface area (Å²) in [5, 5.41) is 2.27. The zero-order valence-electron chi connectivity index (χ0n) is 10.6. The molecule has 1 aromatic carbocycles. The Bertz CT molecular complexity index is 552. The third-order valence-electron chi connectivity index (χ3n) is 2.51. The number of halogens is 2. The van der Waals surface area contributed by atoms with Gasteiger partial charge in [-0.15, -0.1) is 0 Å². The first-order chi connectivity index (χ1) is 8.76. The second-order valence-corrected chi connectivity index (χ2v) is 6.57. The van der Waals surface area contributed by atoms with E-state index >= 15 is 0 Å². The second kappa shape index (κ2) is 6.10. The molecule has 106 valence electrons. The largest absolute Gasteiger partial charge is 0.348 e. The van der Waals surface area contributed by atoms with Gasteiger partial charge < -0.3 is 5.32 Å². The first-order valence-electron chi connectivity index (χ1n) is 5.72. The molecule has 0 bridgehead atoms. The maximum Gasteiger partial charge on any atom is 0.257 e. The van der Waals surface area contributed by atoms with Gasteiger partial charge in [-0.2, -0.15) is 0 Å². The Hall–Kier alpha value is -1.50. The monoisotopic (exact) mass is 291 g/mol. The summed E-state index contributed by atoms with van der Waals surface area (Å²) in [4.78, 5) is 11.7. The van der Waals surface area contributed by atoms with E-state index in [0.717, 1.165) is 18.2 Å². The lowest BCUT2D eigenvalue weighted by Crippen LogP contribution is -2.38. The van der Waals surface area contributed by atoms with Crippen molar-refractivity contribution in [3.8, 4) is 0 Å². The molecule has 0 aliphatic heterocycles. The minimum absolute atomic E-state index is 0.0543. The first-order valence-corrected chi connectivity index (χ1v) is 7.54. The molecule has 0 aliphatic carbocycles. The van der Waals surface area contributed by atoms with Crippen LogP contribution in [-0.4, -0.2) is 31.9 Å². The molecule has 0 saturated carbocycles. The summed E-state index contributed by atoms with van der Waals surface area (Å²) in [6.07, 6.45) is 0. The predicted molar refractivity (Wildman–Crippen MR) is 67.6 cm³/mol. The van der Waals surface area contributed by atoms with Gasteiger partial charge in [0, 0.05) is 11.8 Å². The fourth-order valence-corrected chi connectivity index (χ4v) is 2.63. The number of nitrogens with one attached hydrogen (secondary N) is 1. The van der Waals surface area contributed by atoms with Crippen LogP contribution in [0.2, 0.25) is 0 Å². The van der Waals surface area contributed by atoms with E-state index < -0.39 is 39.0 Å². The van der Waals surface area contributed by atoms with Crippen LogP contribution in [0.15, 0.2) is 18.2 Å². The van der Waals surface area contributed by atoms with Crippen LogP contribution >= 0.6 is 0 Å². The highest BCUT2D eigenvalue weighted by Gasteiger charge is 2.21. The summed E-state index contributed by atoms with van der Waals surface area (Å²) in [6, 6.07) is 2.35. The lowest BCUT2D eigenvalue weighted by Gasteiger charge is -2.14. The minimum Gasteiger partial charge on any atom is -0.348 e.